The van der Waals surface area contributed by atoms with Gasteiger partial charge in [0.2, 0.25) is 0 Å². The lowest BCUT2D eigenvalue weighted by Crippen LogP contribution is -2.34. The Hall–Kier alpha value is -0.640. The minimum atomic E-state index is -0.377. The highest BCUT2D eigenvalue weighted by Gasteiger charge is 2.12. The van der Waals surface area contributed by atoms with Crippen LogP contribution in [0.2, 0.25) is 5.02 Å². The van der Waals surface area contributed by atoms with Crippen LogP contribution in [-0.4, -0.2) is 19.8 Å². The predicted octanol–water partition coefficient (Wildman–Crippen LogP) is 3.55. The second kappa shape index (κ2) is 6.94. The Balaban J connectivity index is 2.68. The molecule has 1 rings (SSSR count). The largest absolute Gasteiger partial charge is 0.383 e. The first kappa shape index (κ1) is 14.4. The molecule has 0 aliphatic rings. The summed E-state index contributed by atoms with van der Waals surface area (Å²) in [5, 5.41) is 3.55. The van der Waals surface area contributed by atoms with Gasteiger partial charge in [-0.15, -0.1) is 0 Å². The van der Waals surface area contributed by atoms with Gasteiger partial charge >= 0.3 is 0 Å². The van der Waals surface area contributed by atoms with E-state index in [0.717, 1.165) is 12.0 Å². The van der Waals surface area contributed by atoms with E-state index < -0.39 is 0 Å². The van der Waals surface area contributed by atoms with Crippen molar-refractivity contribution >= 4 is 11.6 Å². The van der Waals surface area contributed by atoms with Crippen LogP contribution in [0.3, 0.4) is 0 Å². The summed E-state index contributed by atoms with van der Waals surface area (Å²) in [6, 6.07) is 5.24. The maximum absolute atomic E-state index is 13.3. The summed E-state index contributed by atoms with van der Waals surface area (Å²) >= 11 is 5.65. The fraction of sp³-hybridized carbons (Fsp3) is 0.538. The highest BCUT2D eigenvalue weighted by Crippen LogP contribution is 2.20. The van der Waals surface area contributed by atoms with Crippen molar-refractivity contribution < 1.29 is 9.13 Å². The van der Waals surface area contributed by atoms with Crippen molar-refractivity contribution in [3.63, 3.8) is 0 Å². The van der Waals surface area contributed by atoms with E-state index in [-0.39, 0.29) is 22.9 Å². The van der Waals surface area contributed by atoms with Gasteiger partial charge in [0.05, 0.1) is 11.6 Å². The zero-order valence-electron chi connectivity index (χ0n) is 10.5. The summed E-state index contributed by atoms with van der Waals surface area (Å²) in [4.78, 5) is 0. The van der Waals surface area contributed by atoms with Crippen LogP contribution in [0.25, 0.3) is 0 Å². The molecule has 0 aliphatic carbocycles. The van der Waals surface area contributed by atoms with E-state index in [0.29, 0.717) is 6.61 Å². The molecule has 0 amide bonds. The van der Waals surface area contributed by atoms with Crippen molar-refractivity contribution in [2.24, 2.45) is 0 Å². The van der Waals surface area contributed by atoms with E-state index in [1.165, 1.54) is 6.07 Å². The molecular weight excluding hydrogens is 241 g/mol. The maximum Gasteiger partial charge on any atom is 0.142 e. The Morgan fingerprint density at radius 3 is 2.71 bits per heavy atom. The molecule has 0 radical (unpaired) electrons. The summed E-state index contributed by atoms with van der Waals surface area (Å²) < 4.78 is 18.4. The minimum absolute atomic E-state index is 0.0712. The molecule has 96 valence electrons. The summed E-state index contributed by atoms with van der Waals surface area (Å²) in [5.41, 5.74) is 0.890. The van der Waals surface area contributed by atoms with E-state index in [1.807, 2.05) is 13.0 Å². The molecule has 0 saturated heterocycles. The summed E-state index contributed by atoms with van der Waals surface area (Å²) in [5.74, 6) is -0.377. The van der Waals surface area contributed by atoms with Gasteiger partial charge in [-0.1, -0.05) is 24.6 Å². The minimum Gasteiger partial charge on any atom is -0.383 e. The molecule has 0 aliphatic heterocycles. The number of methoxy groups -OCH3 is 1. The van der Waals surface area contributed by atoms with Gasteiger partial charge in [0.25, 0.3) is 0 Å². The molecule has 1 aromatic carbocycles. The fourth-order valence-electron chi connectivity index (χ4n) is 1.72. The number of nitrogens with one attached hydrogen (secondary N) is 1. The molecule has 0 aromatic heterocycles. The van der Waals surface area contributed by atoms with Crippen LogP contribution in [0.15, 0.2) is 18.2 Å². The number of ether oxygens (including phenoxy) is 1. The topological polar surface area (TPSA) is 21.3 Å². The zero-order chi connectivity index (χ0) is 12.8. The summed E-state index contributed by atoms with van der Waals surface area (Å²) in [7, 11) is 1.68. The van der Waals surface area contributed by atoms with Gasteiger partial charge in [0.1, 0.15) is 5.82 Å². The van der Waals surface area contributed by atoms with E-state index >= 15 is 0 Å². The Kier molecular flexibility index (Phi) is 5.89. The smallest absolute Gasteiger partial charge is 0.142 e. The molecule has 0 spiro atoms. The molecular formula is C13H19ClFNO. The predicted molar refractivity (Wildman–Crippen MR) is 68.9 cm³/mol. The molecule has 1 aromatic rings. The first-order valence-corrected chi connectivity index (χ1v) is 6.16. The van der Waals surface area contributed by atoms with Gasteiger partial charge in [0, 0.05) is 19.2 Å². The van der Waals surface area contributed by atoms with Crippen LogP contribution in [0.1, 0.15) is 31.9 Å². The lowest BCUT2D eigenvalue weighted by Gasteiger charge is -2.22. The summed E-state index contributed by atoms with van der Waals surface area (Å²) in [6.45, 7) is 4.74. The normalized spacial score (nSPS) is 14.6. The van der Waals surface area contributed by atoms with Crippen LogP contribution >= 0.6 is 11.6 Å². The first-order valence-electron chi connectivity index (χ1n) is 5.78. The van der Waals surface area contributed by atoms with Gasteiger partial charge in [-0.2, -0.15) is 0 Å². The molecule has 0 fully saturated rings. The number of hydrogen-bond donors (Lipinski definition) is 1. The molecule has 0 saturated carbocycles. The molecule has 4 heteroatoms. The van der Waals surface area contributed by atoms with Gasteiger partial charge in [-0.25, -0.2) is 4.39 Å². The van der Waals surface area contributed by atoms with Gasteiger partial charge < -0.3 is 10.1 Å². The second-order valence-electron chi connectivity index (χ2n) is 4.12. The number of rotatable bonds is 6. The average molecular weight is 260 g/mol. The highest BCUT2D eigenvalue weighted by molar-refractivity contribution is 6.30. The number of benzene rings is 1. The van der Waals surface area contributed by atoms with E-state index in [4.69, 9.17) is 16.3 Å². The van der Waals surface area contributed by atoms with Crippen molar-refractivity contribution in [3.8, 4) is 0 Å². The van der Waals surface area contributed by atoms with Crippen LogP contribution in [0, 0.1) is 5.82 Å². The van der Waals surface area contributed by atoms with E-state index in [1.54, 1.807) is 13.2 Å². The maximum atomic E-state index is 13.3. The fourth-order valence-corrected chi connectivity index (χ4v) is 1.83. The Morgan fingerprint density at radius 1 is 1.47 bits per heavy atom. The molecule has 0 heterocycles. The summed E-state index contributed by atoms with van der Waals surface area (Å²) in [6.07, 6.45) is 0.967. The third-order valence-corrected chi connectivity index (χ3v) is 3.10. The lowest BCUT2D eigenvalue weighted by atomic mass is 10.1. The Bertz CT molecular complexity index is 359. The molecule has 2 atom stereocenters. The number of hydrogen-bond acceptors (Lipinski definition) is 2. The molecule has 17 heavy (non-hydrogen) atoms. The average Bonchev–Trinajstić information content (AvgIpc) is 2.31. The zero-order valence-corrected chi connectivity index (χ0v) is 11.2. The van der Waals surface area contributed by atoms with Crippen LogP contribution in [0.5, 0.6) is 0 Å². The van der Waals surface area contributed by atoms with Gasteiger partial charge in [-0.3, -0.25) is 0 Å². The van der Waals surface area contributed by atoms with E-state index in [2.05, 4.69) is 12.2 Å². The second-order valence-corrected chi connectivity index (χ2v) is 4.53. The molecule has 1 N–H and O–H groups in total. The first-order chi connectivity index (χ1) is 8.08. The van der Waals surface area contributed by atoms with Crippen LogP contribution in [0.4, 0.5) is 4.39 Å². The van der Waals surface area contributed by atoms with Crippen molar-refractivity contribution in [1.82, 2.24) is 5.32 Å². The third-order valence-electron chi connectivity index (χ3n) is 2.79. The standard InChI is InChI=1S/C13H19ClFNO/c1-4-11(8-17-3)16-9(2)10-5-6-12(14)13(15)7-10/h5-7,9,11,16H,4,8H2,1-3H3. The Morgan fingerprint density at radius 2 is 2.18 bits per heavy atom. The lowest BCUT2D eigenvalue weighted by molar-refractivity contribution is 0.159. The third kappa shape index (κ3) is 4.26. The number of halogens is 2. The van der Waals surface area contributed by atoms with E-state index in [9.17, 15) is 4.39 Å². The van der Waals surface area contributed by atoms with Gasteiger partial charge in [-0.05, 0) is 31.0 Å². The van der Waals surface area contributed by atoms with Crippen LogP contribution < -0.4 is 5.32 Å². The van der Waals surface area contributed by atoms with Crippen molar-refractivity contribution in [1.29, 1.82) is 0 Å². The monoisotopic (exact) mass is 259 g/mol. The quantitative estimate of drug-likeness (QED) is 0.844. The van der Waals surface area contributed by atoms with Crippen LogP contribution in [-0.2, 0) is 4.74 Å². The Labute approximate surface area is 107 Å². The van der Waals surface area contributed by atoms with Crippen molar-refractivity contribution in [3.05, 3.63) is 34.6 Å². The SMILES string of the molecule is CCC(COC)NC(C)c1ccc(Cl)c(F)c1. The van der Waals surface area contributed by atoms with Gasteiger partial charge in [0.15, 0.2) is 0 Å². The molecule has 2 unspecified atom stereocenters. The molecule has 2 nitrogen and oxygen atoms in total. The van der Waals surface area contributed by atoms with Crippen molar-refractivity contribution in [2.75, 3.05) is 13.7 Å². The highest BCUT2D eigenvalue weighted by atomic mass is 35.5. The van der Waals surface area contributed by atoms with Crippen molar-refractivity contribution in [2.45, 2.75) is 32.4 Å². The molecule has 0 bridgehead atoms.